The lowest BCUT2D eigenvalue weighted by Crippen LogP contribution is -2.30. The summed E-state index contributed by atoms with van der Waals surface area (Å²) in [5, 5.41) is 14.8. The molecule has 0 heterocycles. The predicted octanol–water partition coefficient (Wildman–Crippen LogP) is 2.67. The van der Waals surface area contributed by atoms with Crippen molar-refractivity contribution in [1.29, 1.82) is 10.8 Å². The van der Waals surface area contributed by atoms with Crippen LogP contribution in [0.3, 0.4) is 0 Å². The summed E-state index contributed by atoms with van der Waals surface area (Å²) in [6, 6.07) is 15.3. The van der Waals surface area contributed by atoms with E-state index in [-0.39, 0.29) is 36.5 Å². The molecule has 6 N–H and O–H groups in total. The monoisotopic (exact) mass is 396 g/mol. The summed E-state index contributed by atoms with van der Waals surface area (Å²) < 4.78 is 0. The van der Waals surface area contributed by atoms with Crippen molar-refractivity contribution in [2.75, 3.05) is 37.0 Å². The molecule has 0 saturated heterocycles. The van der Waals surface area contributed by atoms with Gasteiger partial charge >= 0.3 is 0 Å². The maximum absolute atomic E-state index is 7.42. The van der Waals surface area contributed by atoms with Crippen LogP contribution in [0.25, 0.3) is 0 Å². The second-order valence-corrected chi connectivity index (χ2v) is 5.76. The van der Waals surface area contributed by atoms with Gasteiger partial charge in [0.25, 0.3) is 0 Å². The van der Waals surface area contributed by atoms with Gasteiger partial charge in [-0.15, -0.1) is 24.8 Å². The van der Waals surface area contributed by atoms with Crippen molar-refractivity contribution < 1.29 is 0 Å². The van der Waals surface area contributed by atoms with E-state index in [4.69, 9.17) is 22.3 Å². The molecule has 142 valence electrons. The number of likely N-dealkylation sites (N-methyl/N-ethyl adjacent to an activating group) is 2. The Labute approximate surface area is 167 Å². The lowest BCUT2D eigenvalue weighted by Gasteiger charge is -2.25. The van der Waals surface area contributed by atoms with Gasteiger partial charge in [-0.2, -0.15) is 0 Å². The first-order chi connectivity index (χ1) is 11.4. The topological polar surface area (TPSA) is 106 Å². The van der Waals surface area contributed by atoms with Crippen molar-refractivity contribution in [3.63, 3.8) is 0 Å². The van der Waals surface area contributed by atoms with Gasteiger partial charge in [-0.05, 0) is 48.5 Å². The number of nitrogens with one attached hydrogen (secondary N) is 2. The number of benzene rings is 2. The van der Waals surface area contributed by atoms with E-state index in [1.165, 1.54) is 0 Å². The number of hydrogen-bond acceptors (Lipinski definition) is 4. The lowest BCUT2D eigenvalue weighted by atomic mass is 10.2. The van der Waals surface area contributed by atoms with Crippen LogP contribution in [0.1, 0.15) is 11.1 Å². The smallest absolute Gasteiger partial charge is 0.122 e. The number of amidine groups is 2. The van der Waals surface area contributed by atoms with Crippen LogP contribution in [-0.2, 0) is 0 Å². The summed E-state index contributed by atoms with van der Waals surface area (Å²) in [6.45, 7) is 1.70. The Morgan fingerprint density at radius 3 is 1.19 bits per heavy atom. The van der Waals surface area contributed by atoms with Crippen LogP contribution >= 0.6 is 24.8 Å². The molecule has 26 heavy (non-hydrogen) atoms. The van der Waals surface area contributed by atoms with Crippen molar-refractivity contribution >= 4 is 47.9 Å². The number of nitrogen functional groups attached to an aromatic ring is 2. The zero-order valence-corrected chi connectivity index (χ0v) is 16.5. The Bertz CT molecular complexity index is 652. The average Bonchev–Trinajstić information content (AvgIpc) is 2.59. The first-order valence-electron chi connectivity index (χ1n) is 7.69. The molecular weight excluding hydrogens is 371 g/mol. The predicted molar refractivity (Wildman–Crippen MR) is 116 cm³/mol. The van der Waals surface area contributed by atoms with Crippen LogP contribution in [0.2, 0.25) is 0 Å². The van der Waals surface area contributed by atoms with Crippen LogP contribution in [0.15, 0.2) is 48.5 Å². The van der Waals surface area contributed by atoms with E-state index >= 15 is 0 Å². The van der Waals surface area contributed by atoms with Gasteiger partial charge in [0.15, 0.2) is 0 Å². The Kier molecular flexibility index (Phi) is 9.54. The van der Waals surface area contributed by atoms with E-state index < -0.39 is 0 Å². The minimum atomic E-state index is 0. The van der Waals surface area contributed by atoms with E-state index in [0.29, 0.717) is 0 Å². The first kappa shape index (κ1) is 23.6. The van der Waals surface area contributed by atoms with Gasteiger partial charge in [-0.3, -0.25) is 10.8 Å². The summed E-state index contributed by atoms with van der Waals surface area (Å²) in [5.41, 5.74) is 14.6. The van der Waals surface area contributed by atoms with Crippen molar-refractivity contribution in [1.82, 2.24) is 0 Å². The zero-order chi connectivity index (χ0) is 17.7. The van der Waals surface area contributed by atoms with E-state index in [0.717, 1.165) is 35.6 Å². The molecule has 2 aromatic carbocycles. The third-order valence-electron chi connectivity index (χ3n) is 4.01. The van der Waals surface area contributed by atoms with Crippen LogP contribution < -0.4 is 21.3 Å². The Hall–Kier alpha value is -2.44. The number of nitrogens with two attached hydrogens (primary N) is 2. The highest BCUT2D eigenvalue weighted by atomic mass is 35.5. The number of nitrogens with zero attached hydrogens (tertiary/aromatic N) is 2. The molecular formula is C18H26Cl2N6. The van der Waals surface area contributed by atoms with Crippen LogP contribution in [0.4, 0.5) is 11.4 Å². The zero-order valence-electron chi connectivity index (χ0n) is 14.9. The number of hydrogen-bond donors (Lipinski definition) is 4. The fourth-order valence-electron chi connectivity index (χ4n) is 2.35. The van der Waals surface area contributed by atoms with Crippen LogP contribution in [0.5, 0.6) is 0 Å². The standard InChI is InChI=1S/C18H24N6.2ClH/c1-23(15-7-3-13(4-8-15)17(19)20)11-12-24(2)16-9-5-14(6-10-16)18(21)22;;/h3-10H,11-12H2,1-2H3,(H3,19,20)(H3,21,22);2*1H. The molecule has 0 atom stereocenters. The molecule has 0 aliphatic heterocycles. The van der Waals surface area contributed by atoms with Crippen molar-refractivity contribution in [2.24, 2.45) is 11.5 Å². The molecule has 0 aliphatic carbocycles. The molecule has 0 spiro atoms. The quantitative estimate of drug-likeness (QED) is 0.426. The normalized spacial score (nSPS) is 9.46. The second kappa shape index (κ2) is 10.5. The second-order valence-electron chi connectivity index (χ2n) is 5.76. The third-order valence-corrected chi connectivity index (χ3v) is 4.01. The summed E-state index contributed by atoms with van der Waals surface area (Å²) in [4.78, 5) is 4.31. The van der Waals surface area contributed by atoms with Gasteiger partial charge in [0.2, 0.25) is 0 Å². The molecule has 8 heteroatoms. The molecule has 0 radical (unpaired) electrons. The Balaban J connectivity index is 0.00000312. The molecule has 2 aromatic rings. The maximum atomic E-state index is 7.42. The van der Waals surface area contributed by atoms with Crippen LogP contribution in [0, 0.1) is 10.8 Å². The highest BCUT2D eigenvalue weighted by Gasteiger charge is 2.06. The van der Waals surface area contributed by atoms with Gasteiger partial charge in [0.1, 0.15) is 11.7 Å². The first-order valence-corrected chi connectivity index (χ1v) is 7.69. The average molecular weight is 397 g/mol. The van der Waals surface area contributed by atoms with E-state index in [2.05, 4.69) is 9.80 Å². The number of rotatable bonds is 7. The molecule has 6 nitrogen and oxygen atoms in total. The fourth-order valence-corrected chi connectivity index (χ4v) is 2.35. The SMILES string of the molecule is CN(CCN(C)c1ccc(C(=N)N)cc1)c1ccc(C(=N)N)cc1.Cl.Cl. The van der Waals surface area contributed by atoms with Crippen molar-refractivity contribution in [2.45, 2.75) is 0 Å². The molecule has 0 aliphatic rings. The van der Waals surface area contributed by atoms with Gasteiger partial charge in [-0.25, -0.2) is 0 Å². The number of anilines is 2. The summed E-state index contributed by atoms with van der Waals surface area (Å²) in [6.07, 6.45) is 0. The lowest BCUT2D eigenvalue weighted by molar-refractivity contribution is 0.833. The highest BCUT2D eigenvalue weighted by molar-refractivity contribution is 5.95. The molecule has 0 aromatic heterocycles. The maximum Gasteiger partial charge on any atom is 0.122 e. The van der Waals surface area contributed by atoms with Gasteiger partial charge in [0.05, 0.1) is 0 Å². The molecule has 0 saturated carbocycles. The minimum absolute atomic E-state index is 0. The molecule has 0 amide bonds. The highest BCUT2D eigenvalue weighted by Crippen LogP contribution is 2.16. The summed E-state index contributed by atoms with van der Waals surface area (Å²) in [7, 11) is 4.07. The summed E-state index contributed by atoms with van der Waals surface area (Å²) in [5.74, 6) is 0.163. The van der Waals surface area contributed by atoms with E-state index in [9.17, 15) is 0 Å². The fraction of sp³-hybridized carbons (Fsp3) is 0.222. The third kappa shape index (κ3) is 6.13. The molecule has 0 bridgehead atoms. The van der Waals surface area contributed by atoms with E-state index in [1.54, 1.807) is 0 Å². The van der Waals surface area contributed by atoms with Gasteiger partial charge in [-0.1, -0.05) is 0 Å². The Morgan fingerprint density at radius 2 is 0.962 bits per heavy atom. The summed E-state index contributed by atoms with van der Waals surface area (Å²) >= 11 is 0. The van der Waals surface area contributed by atoms with Gasteiger partial charge < -0.3 is 21.3 Å². The Morgan fingerprint density at radius 1 is 0.692 bits per heavy atom. The van der Waals surface area contributed by atoms with Crippen molar-refractivity contribution in [3.8, 4) is 0 Å². The van der Waals surface area contributed by atoms with Crippen molar-refractivity contribution in [3.05, 3.63) is 59.7 Å². The van der Waals surface area contributed by atoms with E-state index in [1.807, 2.05) is 62.6 Å². The largest absolute Gasteiger partial charge is 0.384 e. The minimum Gasteiger partial charge on any atom is -0.384 e. The molecule has 0 unspecified atom stereocenters. The molecule has 2 rings (SSSR count). The molecule has 0 fully saturated rings. The van der Waals surface area contributed by atoms with Crippen LogP contribution in [-0.4, -0.2) is 38.9 Å². The number of halogens is 2. The van der Waals surface area contributed by atoms with Gasteiger partial charge in [0, 0.05) is 49.7 Å².